The fraction of sp³-hybridized carbons (Fsp3) is 0.750. The van der Waals surface area contributed by atoms with E-state index in [0.29, 0.717) is 18.6 Å². The Bertz CT molecular complexity index is 283. The number of hydrogen-bond donors (Lipinski definition) is 1. The molecule has 1 saturated carbocycles. The first-order valence-corrected chi connectivity index (χ1v) is 5.53. The van der Waals surface area contributed by atoms with Gasteiger partial charge in [0.15, 0.2) is 0 Å². The van der Waals surface area contributed by atoms with Crippen LogP contribution in [0.3, 0.4) is 0 Å². The summed E-state index contributed by atoms with van der Waals surface area (Å²) in [6, 6.07) is 0.456. The van der Waals surface area contributed by atoms with E-state index in [-0.39, 0.29) is 0 Å². The Labute approximate surface area is 85.1 Å². The Hall–Kier alpha value is -0.420. The molecule has 0 saturated heterocycles. The van der Waals surface area contributed by atoms with Crippen LogP contribution in [0.15, 0.2) is 6.20 Å². The van der Waals surface area contributed by atoms with Crippen molar-refractivity contribution in [2.75, 3.05) is 6.61 Å². The van der Waals surface area contributed by atoms with Crippen LogP contribution in [0.4, 0.5) is 0 Å². The van der Waals surface area contributed by atoms with Crippen LogP contribution in [0.2, 0.25) is 0 Å². The van der Waals surface area contributed by atoms with Gasteiger partial charge in [-0.25, -0.2) is 4.68 Å². The third-order valence-corrected chi connectivity index (χ3v) is 3.11. The van der Waals surface area contributed by atoms with Crippen molar-refractivity contribution >= 4 is 15.9 Å². The quantitative estimate of drug-likeness (QED) is 0.813. The van der Waals surface area contributed by atoms with Gasteiger partial charge in [-0.3, -0.25) is 0 Å². The molecule has 1 aliphatic carbocycles. The average Bonchev–Trinajstić information content (AvgIpc) is 2.51. The fourth-order valence-corrected chi connectivity index (χ4v) is 1.88. The van der Waals surface area contributed by atoms with Crippen molar-refractivity contribution < 1.29 is 5.11 Å². The van der Waals surface area contributed by atoms with E-state index in [1.165, 1.54) is 0 Å². The van der Waals surface area contributed by atoms with Gasteiger partial charge in [-0.05, 0) is 18.8 Å². The number of aliphatic hydroxyl groups is 1. The molecule has 4 nitrogen and oxygen atoms in total. The van der Waals surface area contributed by atoms with Gasteiger partial charge in [-0.1, -0.05) is 21.1 Å². The lowest BCUT2D eigenvalue weighted by Gasteiger charge is -2.33. The first-order valence-electron chi connectivity index (χ1n) is 4.41. The van der Waals surface area contributed by atoms with Gasteiger partial charge in [0.25, 0.3) is 0 Å². The molecule has 1 heterocycles. The number of nitrogens with zero attached hydrogens (tertiary/aromatic N) is 3. The van der Waals surface area contributed by atoms with Crippen molar-refractivity contribution in [1.29, 1.82) is 0 Å². The third-order valence-electron chi connectivity index (χ3n) is 2.54. The molecule has 5 heteroatoms. The fourth-order valence-electron chi connectivity index (χ4n) is 1.62. The first-order chi connectivity index (χ1) is 6.33. The number of halogens is 1. The summed E-state index contributed by atoms with van der Waals surface area (Å²) in [5.41, 5.74) is 0.965. The Morgan fingerprint density at radius 2 is 2.38 bits per heavy atom. The zero-order chi connectivity index (χ0) is 9.26. The maximum atomic E-state index is 8.85. The van der Waals surface area contributed by atoms with Crippen LogP contribution >= 0.6 is 15.9 Å². The van der Waals surface area contributed by atoms with Gasteiger partial charge in [-0.15, -0.1) is 5.10 Å². The molecule has 72 valence electrons. The van der Waals surface area contributed by atoms with Crippen molar-refractivity contribution in [2.45, 2.75) is 24.2 Å². The summed E-state index contributed by atoms with van der Waals surface area (Å²) in [7, 11) is 0. The van der Waals surface area contributed by atoms with E-state index in [4.69, 9.17) is 5.11 Å². The van der Waals surface area contributed by atoms with Gasteiger partial charge in [-0.2, -0.15) is 0 Å². The highest BCUT2D eigenvalue weighted by Gasteiger charge is 2.30. The topological polar surface area (TPSA) is 50.9 Å². The molecule has 0 unspecified atom stereocenters. The van der Waals surface area contributed by atoms with Crippen LogP contribution in [0.25, 0.3) is 0 Å². The number of hydrogen-bond acceptors (Lipinski definition) is 3. The molecular weight excluding hydrogens is 234 g/mol. The average molecular weight is 246 g/mol. The molecule has 0 radical (unpaired) electrons. The highest BCUT2D eigenvalue weighted by Crippen LogP contribution is 2.36. The van der Waals surface area contributed by atoms with Gasteiger partial charge >= 0.3 is 0 Å². The molecule has 0 aromatic carbocycles. The highest BCUT2D eigenvalue weighted by molar-refractivity contribution is 9.08. The van der Waals surface area contributed by atoms with Gasteiger partial charge in [0.05, 0.1) is 11.7 Å². The monoisotopic (exact) mass is 245 g/mol. The Kier molecular flexibility index (Phi) is 2.64. The number of aromatic nitrogens is 3. The van der Waals surface area contributed by atoms with Crippen LogP contribution in [0.5, 0.6) is 0 Å². The summed E-state index contributed by atoms with van der Waals surface area (Å²) >= 11 is 3.33. The first kappa shape index (κ1) is 9.15. The maximum Gasteiger partial charge on any atom is 0.0932 e. The second-order valence-electron chi connectivity index (χ2n) is 3.50. The van der Waals surface area contributed by atoms with Gasteiger partial charge in [0.2, 0.25) is 0 Å². The molecular formula is C8H12BrN3O. The van der Waals surface area contributed by atoms with E-state index in [0.717, 1.165) is 23.9 Å². The second-order valence-corrected chi connectivity index (χ2v) is 4.06. The van der Waals surface area contributed by atoms with Crippen molar-refractivity contribution in [1.82, 2.24) is 15.0 Å². The van der Waals surface area contributed by atoms with E-state index < -0.39 is 0 Å². The van der Waals surface area contributed by atoms with Crippen molar-refractivity contribution in [3.8, 4) is 0 Å². The minimum absolute atomic E-state index is 0.302. The summed E-state index contributed by atoms with van der Waals surface area (Å²) in [5.74, 6) is 0.474. The summed E-state index contributed by atoms with van der Waals surface area (Å²) < 4.78 is 1.91. The predicted molar refractivity (Wildman–Crippen MR) is 51.5 cm³/mol. The van der Waals surface area contributed by atoms with E-state index in [1.54, 1.807) is 0 Å². The minimum Gasteiger partial charge on any atom is -0.396 e. The molecule has 0 bridgehead atoms. The summed E-state index contributed by atoms with van der Waals surface area (Å²) in [6.45, 7) is 0.302. The van der Waals surface area contributed by atoms with Crippen molar-refractivity contribution in [3.63, 3.8) is 0 Å². The molecule has 0 atom stereocenters. The Morgan fingerprint density at radius 1 is 1.62 bits per heavy atom. The molecule has 1 aromatic heterocycles. The highest BCUT2D eigenvalue weighted by atomic mass is 79.9. The third kappa shape index (κ3) is 1.76. The van der Waals surface area contributed by atoms with Crippen LogP contribution in [-0.2, 0) is 5.33 Å². The standard InChI is InChI=1S/C8H12BrN3O/c9-3-7-4-12(11-10-7)8-1-6(2-8)5-13/h4,6,8,13H,1-3,5H2. The SMILES string of the molecule is OCC1CC(n2cc(CBr)nn2)C1. The second kappa shape index (κ2) is 3.75. The summed E-state index contributed by atoms with van der Waals surface area (Å²) in [5, 5.41) is 17.6. The zero-order valence-electron chi connectivity index (χ0n) is 7.23. The largest absolute Gasteiger partial charge is 0.396 e. The zero-order valence-corrected chi connectivity index (χ0v) is 8.81. The number of aliphatic hydroxyl groups excluding tert-OH is 1. The smallest absolute Gasteiger partial charge is 0.0932 e. The van der Waals surface area contributed by atoms with E-state index >= 15 is 0 Å². The lowest BCUT2D eigenvalue weighted by molar-refractivity contribution is 0.104. The lowest BCUT2D eigenvalue weighted by atomic mass is 9.81. The molecule has 1 aromatic rings. The summed E-state index contributed by atoms with van der Waals surface area (Å²) in [4.78, 5) is 0. The van der Waals surface area contributed by atoms with Gasteiger partial charge in [0.1, 0.15) is 0 Å². The predicted octanol–water partition coefficient (Wildman–Crippen LogP) is 1.12. The van der Waals surface area contributed by atoms with Crippen molar-refractivity contribution in [3.05, 3.63) is 11.9 Å². The van der Waals surface area contributed by atoms with E-state index in [2.05, 4.69) is 26.2 Å². The van der Waals surface area contributed by atoms with Gasteiger partial charge < -0.3 is 5.11 Å². The van der Waals surface area contributed by atoms with Crippen LogP contribution in [0, 0.1) is 5.92 Å². The Balaban J connectivity index is 1.95. The molecule has 2 rings (SSSR count). The normalized spacial score (nSPS) is 27.2. The molecule has 0 amide bonds. The molecule has 13 heavy (non-hydrogen) atoms. The Morgan fingerprint density at radius 3 is 2.92 bits per heavy atom. The van der Waals surface area contributed by atoms with Crippen LogP contribution in [-0.4, -0.2) is 26.7 Å². The molecule has 0 aliphatic heterocycles. The van der Waals surface area contributed by atoms with Crippen LogP contribution < -0.4 is 0 Å². The van der Waals surface area contributed by atoms with Gasteiger partial charge in [0, 0.05) is 18.1 Å². The maximum absolute atomic E-state index is 8.85. The molecule has 1 fully saturated rings. The van der Waals surface area contributed by atoms with E-state index in [9.17, 15) is 0 Å². The van der Waals surface area contributed by atoms with E-state index in [1.807, 2.05) is 10.9 Å². The molecule has 0 spiro atoms. The minimum atomic E-state index is 0.302. The number of alkyl halides is 1. The number of rotatable bonds is 3. The van der Waals surface area contributed by atoms with Crippen LogP contribution in [0.1, 0.15) is 24.6 Å². The molecule has 1 aliphatic rings. The molecule has 1 N–H and O–H groups in total. The lowest BCUT2D eigenvalue weighted by Crippen LogP contribution is -2.29. The summed E-state index contributed by atoms with van der Waals surface area (Å²) in [6.07, 6.45) is 4.02. The van der Waals surface area contributed by atoms with Crippen molar-refractivity contribution in [2.24, 2.45) is 5.92 Å².